The molecule has 1 aliphatic heterocycles. The largest absolute Gasteiger partial charge is 0.286 e. The summed E-state index contributed by atoms with van der Waals surface area (Å²) in [4.78, 5) is 12.9. The molecule has 3 nitrogen and oxygen atoms in total. The van der Waals surface area contributed by atoms with Crippen LogP contribution in [-0.2, 0) is 4.79 Å². The molecule has 1 saturated heterocycles. The molecule has 1 heterocycles. The molecule has 0 N–H and O–H groups in total. The maximum Gasteiger partial charge on any atom is 0.286 e. The molecule has 1 aliphatic rings. The van der Waals surface area contributed by atoms with Crippen LogP contribution in [0.2, 0.25) is 0 Å². The Balaban J connectivity index is 1.82. The van der Waals surface area contributed by atoms with E-state index in [2.05, 4.69) is 5.10 Å². The topological polar surface area (TPSA) is 32.7 Å². The van der Waals surface area contributed by atoms with Crippen molar-refractivity contribution in [1.82, 2.24) is 5.01 Å². The predicted octanol–water partition coefficient (Wildman–Crippen LogP) is 4.06. The number of amides is 1. The van der Waals surface area contributed by atoms with E-state index >= 15 is 0 Å². The van der Waals surface area contributed by atoms with Gasteiger partial charge >= 0.3 is 0 Å². The van der Waals surface area contributed by atoms with Crippen molar-refractivity contribution < 1.29 is 9.18 Å². The Morgan fingerprint density at radius 2 is 1.78 bits per heavy atom. The van der Waals surface area contributed by atoms with Gasteiger partial charge in [-0.15, -0.1) is 0 Å². The summed E-state index contributed by atoms with van der Waals surface area (Å²) in [5.41, 5.74) is 1.21. The fourth-order valence-electron chi connectivity index (χ4n) is 1.96. The minimum atomic E-state index is -0.401. The highest BCUT2D eigenvalue weighted by molar-refractivity contribution is 8.26. The lowest BCUT2D eigenvalue weighted by molar-refractivity contribution is -0.122. The molecule has 23 heavy (non-hydrogen) atoms. The van der Waals surface area contributed by atoms with Gasteiger partial charge in [-0.05, 0) is 29.9 Å². The Kier molecular flexibility index (Phi) is 4.64. The number of hydrazone groups is 1. The van der Waals surface area contributed by atoms with E-state index < -0.39 is 5.82 Å². The van der Waals surface area contributed by atoms with Crippen molar-refractivity contribution in [2.24, 2.45) is 5.10 Å². The number of carbonyl (C=O) groups is 1. The van der Waals surface area contributed by atoms with E-state index in [1.54, 1.807) is 24.3 Å². The molecule has 2 aromatic rings. The summed E-state index contributed by atoms with van der Waals surface area (Å²) in [7, 11) is 0. The van der Waals surface area contributed by atoms with Crippen LogP contribution in [0.5, 0.6) is 0 Å². The molecule has 0 spiro atoms. The van der Waals surface area contributed by atoms with Crippen molar-refractivity contribution in [3.8, 4) is 0 Å². The lowest BCUT2D eigenvalue weighted by Gasteiger charge is -2.06. The summed E-state index contributed by atoms with van der Waals surface area (Å²) < 4.78 is 13.9. The zero-order chi connectivity index (χ0) is 16.2. The lowest BCUT2D eigenvalue weighted by Crippen LogP contribution is -2.22. The number of halogens is 1. The zero-order valence-corrected chi connectivity index (χ0v) is 13.5. The van der Waals surface area contributed by atoms with Gasteiger partial charge in [0.15, 0.2) is 4.32 Å². The van der Waals surface area contributed by atoms with Crippen LogP contribution in [0.1, 0.15) is 11.1 Å². The van der Waals surface area contributed by atoms with Gasteiger partial charge < -0.3 is 0 Å². The minimum absolute atomic E-state index is 0.300. The Bertz CT molecular complexity index is 818. The maximum absolute atomic E-state index is 13.6. The van der Waals surface area contributed by atoms with Gasteiger partial charge in [0.05, 0.1) is 11.1 Å². The van der Waals surface area contributed by atoms with Crippen LogP contribution < -0.4 is 0 Å². The summed E-state index contributed by atoms with van der Waals surface area (Å²) in [6.07, 6.45) is 3.06. The van der Waals surface area contributed by atoms with Crippen LogP contribution in [0, 0.1) is 5.82 Å². The zero-order valence-electron chi connectivity index (χ0n) is 11.8. The van der Waals surface area contributed by atoms with Gasteiger partial charge in [0.2, 0.25) is 0 Å². The number of nitrogens with zero attached hydrogens (tertiary/aromatic N) is 2. The molecule has 114 valence electrons. The van der Waals surface area contributed by atoms with Crippen molar-refractivity contribution in [3.63, 3.8) is 0 Å². The summed E-state index contributed by atoms with van der Waals surface area (Å²) in [6, 6.07) is 15.7. The van der Waals surface area contributed by atoms with E-state index in [0.717, 1.165) is 10.6 Å². The SMILES string of the molecule is O=C1/C(=C\c2ccccc2)SC(=S)N1/N=C/c1ccccc1F. The first-order valence-corrected chi connectivity index (χ1v) is 7.99. The fraction of sp³-hybridized carbons (Fsp3) is 0. The van der Waals surface area contributed by atoms with Gasteiger partial charge in [-0.25, -0.2) is 4.39 Å². The number of benzene rings is 2. The Hall–Kier alpha value is -2.31. The third-order valence-electron chi connectivity index (χ3n) is 3.09. The molecule has 0 unspecified atom stereocenters. The quantitative estimate of drug-likeness (QED) is 0.479. The van der Waals surface area contributed by atoms with Crippen LogP contribution in [-0.4, -0.2) is 21.5 Å². The van der Waals surface area contributed by atoms with E-state index in [4.69, 9.17) is 12.2 Å². The third kappa shape index (κ3) is 3.55. The molecule has 0 saturated carbocycles. The molecular formula is C17H11FN2OS2. The standard InChI is InChI=1S/C17H11FN2OS2/c18-14-9-5-4-8-13(14)11-19-20-16(21)15(23-17(20)22)10-12-6-2-1-3-7-12/h1-11H/b15-10+,19-11+. The monoisotopic (exact) mass is 342 g/mol. The van der Waals surface area contributed by atoms with Crippen molar-refractivity contribution in [1.29, 1.82) is 0 Å². The maximum atomic E-state index is 13.6. The second kappa shape index (κ2) is 6.85. The third-order valence-corrected chi connectivity index (χ3v) is 4.37. The number of hydrogen-bond donors (Lipinski definition) is 0. The highest BCUT2D eigenvalue weighted by Gasteiger charge is 2.32. The Labute approximate surface area is 142 Å². The minimum Gasteiger partial charge on any atom is -0.266 e. The summed E-state index contributed by atoms with van der Waals surface area (Å²) in [5, 5.41) is 5.14. The molecule has 0 aliphatic carbocycles. The average Bonchev–Trinajstić information content (AvgIpc) is 2.82. The second-order valence-corrected chi connectivity index (χ2v) is 6.35. The van der Waals surface area contributed by atoms with Crippen molar-refractivity contribution in [3.05, 3.63) is 76.4 Å². The van der Waals surface area contributed by atoms with E-state index in [-0.39, 0.29) is 5.91 Å². The van der Waals surface area contributed by atoms with Crippen LogP contribution >= 0.6 is 24.0 Å². The molecule has 2 aromatic carbocycles. The van der Waals surface area contributed by atoms with Crippen LogP contribution in [0.25, 0.3) is 6.08 Å². The lowest BCUT2D eigenvalue weighted by atomic mass is 10.2. The van der Waals surface area contributed by atoms with Gasteiger partial charge in [0.1, 0.15) is 5.82 Å². The van der Waals surface area contributed by atoms with Crippen LogP contribution in [0.4, 0.5) is 4.39 Å². The molecule has 0 atom stereocenters. The van der Waals surface area contributed by atoms with E-state index in [9.17, 15) is 9.18 Å². The first kappa shape index (κ1) is 15.6. The van der Waals surface area contributed by atoms with E-state index in [1.807, 2.05) is 30.3 Å². The van der Waals surface area contributed by atoms with Gasteiger partial charge in [0.25, 0.3) is 5.91 Å². The molecule has 1 amide bonds. The Morgan fingerprint density at radius 3 is 2.52 bits per heavy atom. The molecule has 0 radical (unpaired) electrons. The van der Waals surface area contributed by atoms with Crippen LogP contribution in [0.3, 0.4) is 0 Å². The van der Waals surface area contributed by atoms with E-state index in [0.29, 0.717) is 14.8 Å². The fourth-order valence-corrected chi connectivity index (χ4v) is 3.13. The summed E-state index contributed by atoms with van der Waals surface area (Å²) in [6.45, 7) is 0. The first-order chi connectivity index (χ1) is 11.1. The van der Waals surface area contributed by atoms with Crippen molar-refractivity contribution in [2.75, 3.05) is 0 Å². The smallest absolute Gasteiger partial charge is 0.266 e. The van der Waals surface area contributed by atoms with Gasteiger partial charge in [-0.3, -0.25) is 4.79 Å². The second-order valence-electron chi connectivity index (χ2n) is 4.67. The van der Waals surface area contributed by atoms with Crippen molar-refractivity contribution in [2.45, 2.75) is 0 Å². The number of hydrogen-bond acceptors (Lipinski definition) is 4. The average molecular weight is 342 g/mol. The Morgan fingerprint density at radius 1 is 1.09 bits per heavy atom. The first-order valence-electron chi connectivity index (χ1n) is 6.76. The molecular weight excluding hydrogens is 331 g/mol. The summed E-state index contributed by atoms with van der Waals surface area (Å²) >= 11 is 6.36. The highest BCUT2D eigenvalue weighted by Crippen LogP contribution is 2.32. The summed E-state index contributed by atoms with van der Waals surface area (Å²) in [5.74, 6) is -0.710. The molecule has 0 aromatic heterocycles. The number of rotatable bonds is 3. The molecule has 1 fully saturated rings. The van der Waals surface area contributed by atoms with Crippen LogP contribution in [0.15, 0.2) is 64.6 Å². The molecule has 6 heteroatoms. The molecule has 3 rings (SSSR count). The number of carbonyl (C=O) groups excluding carboxylic acids is 1. The van der Waals surface area contributed by atoms with Gasteiger partial charge in [0, 0.05) is 5.56 Å². The van der Waals surface area contributed by atoms with E-state index in [1.165, 1.54) is 24.0 Å². The van der Waals surface area contributed by atoms with Gasteiger partial charge in [-0.2, -0.15) is 10.1 Å². The predicted molar refractivity (Wildman–Crippen MR) is 95.4 cm³/mol. The molecule has 0 bridgehead atoms. The van der Waals surface area contributed by atoms with Crippen molar-refractivity contribution >= 4 is 46.5 Å². The normalized spacial score (nSPS) is 16.7. The number of thiocarbonyl (C=S) groups is 1. The number of thioether (sulfide) groups is 1. The van der Waals surface area contributed by atoms with Gasteiger partial charge in [-0.1, -0.05) is 60.3 Å². The highest BCUT2D eigenvalue weighted by atomic mass is 32.2.